The second-order valence-corrected chi connectivity index (χ2v) is 7.30. The van der Waals surface area contributed by atoms with Crippen LogP contribution in [0.4, 0.5) is 5.69 Å². The SMILES string of the molecule is Cc1ccccc1N1C(=O)c2ccc(C(=O)NCCN3CCCC3)cc2C1=O. The van der Waals surface area contributed by atoms with Gasteiger partial charge in [0, 0.05) is 18.7 Å². The van der Waals surface area contributed by atoms with Gasteiger partial charge < -0.3 is 10.2 Å². The van der Waals surface area contributed by atoms with E-state index in [0.717, 1.165) is 25.2 Å². The van der Waals surface area contributed by atoms with E-state index in [1.54, 1.807) is 24.3 Å². The Bertz CT molecular complexity index is 948. The maximum Gasteiger partial charge on any atom is 0.266 e. The van der Waals surface area contributed by atoms with Crippen LogP contribution < -0.4 is 10.2 Å². The number of hydrogen-bond donors (Lipinski definition) is 1. The Morgan fingerprint density at radius 2 is 1.71 bits per heavy atom. The first-order valence-electron chi connectivity index (χ1n) is 9.65. The summed E-state index contributed by atoms with van der Waals surface area (Å²) in [6.07, 6.45) is 2.43. The Hall–Kier alpha value is -2.99. The quantitative estimate of drug-likeness (QED) is 0.814. The summed E-state index contributed by atoms with van der Waals surface area (Å²) < 4.78 is 0. The number of carbonyl (C=O) groups excluding carboxylic acids is 3. The molecule has 3 amide bonds. The molecule has 1 N–H and O–H groups in total. The normalized spacial score (nSPS) is 16.5. The minimum Gasteiger partial charge on any atom is -0.351 e. The van der Waals surface area contributed by atoms with Crippen LogP contribution in [0.3, 0.4) is 0 Å². The van der Waals surface area contributed by atoms with E-state index in [4.69, 9.17) is 0 Å². The van der Waals surface area contributed by atoms with Crippen LogP contribution in [-0.2, 0) is 0 Å². The lowest BCUT2D eigenvalue weighted by molar-refractivity contribution is 0.0923. The van der Waals surface area contributed by atoms with E-state index in [0.29, 0.717) is 23.4 Å². The lowest BCUT2D eigenvalue weighted by Crippen LogP contribution is -2.33. The molecule has 1 saturated heterocycles. The summed E-state index contributed by atoms with van der Waals surface area (Å²) >= 11 is 0. The van der Waals surface area contributed by atoms with Gasteiger partial charge in [0.25, 0.3) is 17.7 Å². The molecule has 4 rings (SSSR count). The van der Waals surface area contributed by atoms with E-state index >= 15 is 0 Å². The van der Waals surface area contributed by atoms with Gasteiger partial charge in [-0.15, -0.1) is 0 Å². The van der Waals surface area contributed by atoms with Crippen LogP contribution in [0.1, 0.15) is 49.5 Å². The van der Waals surface area contributed by atoms with Gasteiger partial charge in [-0.05, 0) is 62.7 Å². The monoisotopic (exact) mass is 377 g/mol. The summed E-state index contributed by atoms with van der Waals surface area (Å²) in [6, 6.07) is 12.0. The van der Waals surface area contributed by atoms with Crippen LogP contribution >= 0.6 is 0 Å². The van der Waals surface area contributed by atoms with E-state index in [2.05, 4.69) is 10.2 Å². The van der Waals surface area contributed by atoms with E-state index in [1.807, 2.05) is 19.1 Å². The molecule has 6 heteroatoms. The molecule has 1 fully saturated rings. The van der Waals surface area contributed by atoms with Crippen molar-refractivity contribution >= 4 is 23.4 Å². The molecule has 2 aromatic rings. The van der Waals surface area contributed by atoms with Gasteiger partial charge in [0.05, 0.1) is 16.8 Å². The van der Waals surface area contributed by atoms with Crippen LogP contribution in [0.2, 0.25) is 0 Å². The summed E-state index contributed by atoms with van der Waals surface area (Å²) in [5.74, 6) is -0.965. The third kappa shape index (κ3) is 3.31. The highest BCUT2D eigenvalue weighted by Crippen LogP contribution is 2.30. The van der Waals surface area contributed by atoms with Gasteiger partial charge >= 0.3 is 0 Å². The number of aryl methyl sites for hydroxylation is 1. The second-order valence-electron chi connectivity index (χ2n) is 7.30. The highest BCUT2D eigenvalue weighted by Gasteiger charge is 2.37. The summed E-state index contributed by atoms with van der Waals surface area (Å²) in [7, 11) is 0. The van der Waals surface area contributed by atoms with E-state index in [-0.39, 0.29) is 23.3 Å². The average molecular weight is 377 g/mol. The number of anilines is 1. The first kappa shape index (κ1) is 18.4. The third-order valence-corrected chi connectivity index (χ3v) is 5.42. The molecule has 0 unspecified atom stereocenters. The zero-order valence-corrected chi connectivity index (χ0v) is 15.9. The molecule has 0 aliphatic carbocycles. The highest BCUT2D eigenvalue weighted by atomic mass is 16.2. The Kier molecular flexibility index (Phi) is 4.96. The molecule has 0 spiro atoms. The van der Waals surface area contributed by atoms with Crippen LogP contribution in [-0.4, -0.2) is 48.8 Å². The number of carbonyl (C=O) groups is 3. The van der Waals surface area contributed by atoms with Crippen molar-refractivity contribution in [2.45, 2.75) is 19.8 Å². The minimum absolute atomic E-state index is 0.225. The number of nitrogens with one attached hydrogen (secondary N) is 1. The number of fused-ring (bicyclic) bond motifs is 1. The van der Waals surface area contributed by atoms with Crippen molar-refractivity contribution in [1.82, 2.24) is 10.2 Å². The Morgan fingerprint density at radius 3 is 2.46 bits per heavy atom. The molecule has 0 saturated carbocycles. The topological polar surface area (TPSA) is 69.7 Å². The number of para-hydroxylation sites is 1. The third-order valence-electron chi connectivity index (χ3n) is 5.42. The summed E-state index contributed by atoms with van der Waals surface area (Å²) in [4.78, 5) is 41.6. The van der Waals surface area contributed by atoms with Crippen LogP contribution in [0.25, 0.3) is 0 Å². The van der Waals surface area contributed by atoms with Gasteiger partial charge in [-0.1, -0.05) is 18.2 Å². The lowest BCUT2D eigenvalue weighted by atomic mass is 10.1. The van der Waals surface area contributed by atoms with Crippen molar-refractivity contribution < 1.29 is 14.4 Å². The number of hydrogen-bond acceptors (Lipinski definition) is 4. The number of imide groups is 1. The van der Waals surface area contributed by atoms with Crippen molar-refractivity contribution in [3.05, 3.63) is 64.7 Å². The van der Waals surface area contributed by atoms with Crippen molar-refractivity contribution in [2.75, 3.05) is 31.1 Å². The largest absolute Gasteiger partial charge is 0.351 e. The van der Waals surface area contributed by atoms with Gasteiger partial charge in [-0.3, -0.25) is 14.4 Å². The van der Waals surface area contributed by atoms with Gasteiger partial charge in [0.15, 0.2) is 0 Å². The van der Waals surface area contributed by atoms with Crippen molar-refractivity contribution in [1.29, 1.82) is 0 Å². The van der Waals surface area contributed by atoms with Crippen LogP contribution in [0.15, 0.2) is 42.5 Å². The fraction of sp³-hybridized carbons (Fsp3) is 0.318. The first-order valence-corrected chi connectivity index (χ1v) is 9.65. The molecular formula is C22H23N3O3. The molecule has 2 heterocycles. The van der Waals surface area contributed by atoms with Crippen molar-refractivity contribution in [3.63, 3.8) is 0 Å². The molecule has 0 atom stereocenters. The maximum absolute atomic E-state index is 12.9. The summed E-state index contributed by atoms with van der Waals surface area (Å²) in [5, 5.41) is 2.90. The Balaban J connectivity index is 1.50. The Morgan fingerprint density at radius 1 is 1.00 bits per heavy atom. The fourth-order valence-electron chi connectivity index (χ4n) is 3.85. The predicted molar refractivity (Wildman–Crippen MR) is 107 cm³/mol. The summed E-state index contributed by atoms with van der Waals surface area (Å²) in [5.41, 5.74) is 2.43. The van der Waals surface area contributed by atoms with Crippen molar-refractivity contribution in [2.24, 2.45) is 0 Å². The average Bonchev–Trinajstić information content (AvgIpc) is 3.30. The molecule has 6 nitrogen and oxygen atoms in total. The van der Waals surface area contributed by atoms with Gasteiger partial charge in [-0.25, -0.2) is 4.90 Å². The van der Waals surface area contributed by atoms with Gasteiger partial charge in [0.1, 0.15) is 0 Å². The number of benzene rings is 2. The van der Waals surface area contributed by atoms with Crippen LogP contribution in [0, 0.1) is 6.92 Å². The molecule has 2 aliphatic rings. The van der Waals surface area contributed by atoms with Crippen LogP contribution in [0.5, 0.6) is 0 Å². The molecule has 2 aromatic carbocycles. The molecule has 0 aromatic heterocycles. The van der Waals surface area contributed by atoms with E-state index in [1.165, 1.54) is 23.8 Å². The molecule has 28 heavy (non-hydrogen) atoms. The standard InChI is InChI=1S/C22H23N3O3/c1-15-6-2-3-7-19(15)25-21(27)17-9-8-16(14-18(17)22(25)28)20(26)23-10-13-24-11-4-5-12-24/h2-3,6-9,14H,4-5,10-13H2,1H3,(H,23,26). The molecule has 0 radical (unpaired) electrons. The second kappa shape index (κ2) is 7.56. The van der Waals surface area contributed by atoms with Crippen molar-refractivity contribution in [3.8, 4) is 0 Å². The fourth-order valence-corrected chi connectivity index (χ4v) is 3.85. The number of amides is 3. The Labute approximate surface area is 164 Å². The first-order chi connectivity index (χ1) is 13.6. The zero-order valence-electron chi connectivity index (χ0n) is 15.9. The number of likely N-dealkylation sites (tertiary alicyclic amines) is 1. The van der Waals surface area contributed by atoms with Gasteiger partial charge in [-0.2, -0.15) is 0 Å². The molecule has 144 valence electrons. The number of rotatable bonds is 5. The van der Waals surface area contributed by atoms with E-state index in [9.17, 15) is 14.4 Å². The molecule has 0 bridgehead atoms. The molecule has 2 aliphatic heterocycles. The van der Waals surface area contributed by atoms with E-state index < -0.39 is 0 Å². The highest BCUT2D eigenvalue weighted by molar-refractivity contribution is 6.35. The lowest BCUT2D eigenvalue weighted by Gasteiger charge is -2.16. The van der Waals surface area contributed by atoms with Gasteiger partial charge in [0.2, 0.25) is 0 Å². The smallest absolute Gasteiger partial charge is 0.266 e. The maximum atomic E-state index is 12.9. The predicted octanol–water partition coefficient (Wildman–Crippen LogP) is 2.62. The number of nitrogens with zero attached hydrogens (tertiary/aromatic N) is 2. The minimum atomic E-state index is -0.388. The molecular weight excluding hydrogens is 354 g/mol. The zero-order chi connectivity index (χ0) is 19.7. The summed E-state index contributed by atoms with van der Waals surface area (Å²) in [6.45, 7) is 5.42.